The summed E-state index contributed by atoms with van der Waals surface area (Å²) in [6, 6.07) is 11.3. The summed E-state index contributed by atoms with van der Waals surface area (Å²) in [4.78, 5) is 28.5. The lowest BCUT2D eigenvalue weighted by molar-refractivity contribution is -0.114. The molecule has 2 saturated heterocycles. The van der Waals surface area contributed by atoms with Crippen molar-refractivity contribution in [2.24, 2.45) is 5.92 Å². The number of amides is 2. The van der Waals surface area contributed by atoms with E-state index < -0.39 is 10.0 Å². The molecule has 0 saturated carbocycles. The fourth-order valence-electron chi connectivity index (χ4n) is 4.61. The number of piperazine rings is 1. The summed E-state index contributed by atoms with van der Waals surface area (Å²) in [5, 5.41) is 5.93. The molecular formula is C25H33N5O4S. The normalized spacial score (nSPS) is 18.7. The van der Waals surface area contributed by atoms with Gasteiger partial charge in [0.1, 0.15) is 0 Å². The molecule has 3 N–H and O–H groups in total. The molecule has 2 aliphatic rings. The van der Waals surface area contributed by atoms with Gasteiger partial charge in [0, 0.05) is 57.4 Å². The Kier molecular flexibility index (Phi) is 7.61. The Bertz CT molecular complexity index is 1180. The van der Waals surface area contributed by atoms with Crippen LogP contribution in [0.4, 0.5) is 17.1 Å². The van der Waals surface area contributed by atoms with Gasteiger partial charge < -0.3 is 20.4 Å². The predicted molar refractivity (Wildman–Crippen MR) is 137 cm³/mol. The second-order valence-electron chi connectivity index (χ2n) is 9.28. The van der Waals surface area contributed by atoms with E-state index in [-0.39, 0.29) is 16.7 Å². The van der Waals surface area contributed by atoms with Crippen LogP contribution in [0.5, 0.6) is 0 Å². The molecule has 2 amide bonds. The Morgan fingerprint density at radius 3 is 2.40 bits per heavy atom. The summed E-state index contributed by atoms with van der Waals surface area (Å²) in [5.41, 5.74) is 2.11. The second kappa shape index (κ2) is 10.7. The van der Waals surface area contributed by atoms with Crippen molar-refractivity contribution in [1.29, 1.82) is 0 Å². The van der Waals surface area contributed by atoms with Gasteiger partial charge in [-0.1, -0.05) is 6.92 Å². The van der Waals surface area contributed by atoms with Crippen LogP contribution < -0.4 is 20.3 Å². The summed E-state index contributed by atoms with van der Waals surface area (Å²) in [6.45, 7) is 8.01. The number of anilines is 3. The minimum Gasteiger partial charge on any atom is -0.367 e. The van der Waals surface area contributed by atoms with Gasteiger partial charge in [0.05, 0.1) is 16.3 Å². The molecule has 0 radical (unpaired) electrons. The largest absolute Gasteiger partial charge is 0.367 e. The Balaban J connectivity index is 1.64. The topological polar surface area (TPSA) is 111 Å². The van der Waals surface area contributed by atoms with Crippen LogP contribution in [-0.4, -0.2) is 64.4 Å². The van der Waals surface area contributed by atoms with E-state index >= 15 is 0 Å². The molecule has 0 bridgehead atoms. The van der Waals surface area contributed by atoms with Crippen molar-refractivity contribution < 1.29 is 18.0 Å². The molecule has 9 nitrogen and oxygen atoms in total. The number of likely N-dealkylation sites (tertiary alicyclic amines) is 1. The SMILES string of the molecule is CC(=O)Nc1ccc(S(=O)(=O)Nc2cc(C(=O)N3CCC[C@H](C)C3)ccc2N2CCNCC2)cc1. The van der Waals surface area contributed by atoms with Gasteiger partial charge in [-0.15, -0.1) is 0 Å². The number of carbonyl (C=O) groups is 2. The van der Waals surface area contributed by atoms with Gasteiger partial charge in [-0.2, -0.15) is 0 Å². The molecule has 2 aromatic rings. The van der Waals surface area contributed by atoms with Crippen molar-refractivity contribution in [2.75, 3.05) is 54.2 Å². The quantitative estimate of drug-likeness (QED) is 0.564. The first-order valence-electron chi connectivity index (χ1n) is 12.0. The predicted octanol–water partition coefficient (Wildman–Crippen LogP) is 2.73. The molecule has 2 heterocycles. The number of carbonyl (C=O) groups excluding carboxylic acids is 2. The van der Waals surface area contributed by atoms with E-state index in [4.69, 9.17) is 0 Å². The van der Waals surface area contributed by atoms with Crippen molar-refractivity contribution in [3.8, 4) is 0 Å². The van der Waals surface area contributed by atoms with Crippen LogP contribution in [0.25, 0.3) is 0 Å². The molecule has 0 spiro atoms. The summed E-state index contributed by atoms with van der Waals surface area (Å²) in [6.07, 6.45) is 2.08. The lowest BCUT2D eigenvalue weighted by Gasteiger charge is -2.33. The summed E-state index contributed by atoms with van der Waals surface area (Å²) in [5.74, 6) is 0.138. The van der Waals surface area contributed by atoms with Crippen molar-refractivity contribution in [3.63, 3.8) is 0 Å². The average Bonchev–Trinajstić information content (AvgIpc) is 2.84. The summed E-state index contributed by atoms with van der Waals surface area (Å²) >= 11 is 0. The molecular weight excluding hydrogens is 466 g/mol. The minimum atomic E-state index is -3.93. The van der Waals surface area contributed by atoms with E-state index in [9.17, 15) is 18.0 Å². The molecule has 0 aliphatic carbocycles. The lowest BCUT2D eigenvalue weighted by atomic mass is 9.99. The summed E-state index contributed by atoms with van der Waals surface area (Å²) < 4.78 is 29.3. The maximum Gasteiger partial charge on any atom is 0.261 e. The van der Waals surface area contributed by atoms with Crippen molar-refractivity contribution in [2.45, 2.75) is 31.6 Å². The standard InChI is InChI=1S/C25H33N5O4S/c1-18-4-3-13-30(17-18)25(32)20-5-10-24(29-14-11-26-12-15-29)23(16-20)28-35(33,34)22-8-6-21(7-9-22)27-19(2)31/h5-10,16,18,26,28H,3-4,11-15,17H2,1-2H3,(H,27,31)/t18-/m0/s1. The average molecular weight is 500 g/mol. The zero-order chi connectivity index (χ0) is 25.0. The smallest absolute Gasteiger partial charge is 0.261 e. The van der Waals surface area contributed by atoms with Crippen LogP contribution in [0.2, 0.25) is 0 Å². The highest BCUT2D eigenvalue weighted by atomic mass is 32.2. The van der Waals surface area contributed by atoms with Gasteiger partial charge in [-0.25, -0.2) is 8.42 Å². The van der Waals surface area contributed by atoms with Crippen LogP contribution in [0.3, 0.4) is 0 Å². The fourth-order valence-corrected chi connectivity index (χ4v) is 5.68. The third-order valence-electron chi connectivity index (χ3n) is 6.37. The van der Waals surface area contributed by atoms with Crippen LogP contribution in [0, 0.1) is 5.92 Å². The third kappa shape index (κ3) is 6.12. The molecule has 0 aromatic heterocycles. The number of benzene rings is 2. The highest BCUT2D eigenvalue weighted by Gasteiger charge is 2.25. The van der Waals surface area contributed by atoms with Crippen molar-refractivity contribution in [1.82, 2.24) is 10.2 Å². The summed E-state index contributed by atoms with van der Waals surface area (Å²) in [7, 11) is -3.93. The Labute approximate surface area is 206 Å². The Morgan fingerprint density at radius 2 is 1.74 bits per heavy atom. The zero-order valence-electron chi connectivity index (χ0n) is 20.2. The molecule has 2 aliphatic heterocycles. The van der Waals surface area contributed by atoms with Gasteiger partial charge in [0.25, 0.3) is 15.9 Å². The molecule has 2 aromatic carbocycles. The van der Waals surface area contributed by atoms with Crippen LogP contribution in [0.1, 0.15) is 37.0 Å². The maximum absolute atomic E-state index is 13.3. The fraction of sp³-hybridized carbons (Fsp3) is 0.440. The van der Waals surface area contributed by atoms with Crippen molar-refractivity contribution >= 4 is 38.9 Å². The number of piperidine rings is 1. The number of rotatable bonds is 6. The third-order valence-corrected chi connectivity index (χ3v) is 7.76. The number of nitrogens with one attached hydrogen (secondary N) is 3. The lowest BCUT2D eigenvalue weighted by Crippen LogP contribution is -2.44. The van der Waals surface area contributed by atoms with Crippen molar-refractivity contribution in [3.05, 3.63) is 48.0 Å². The van der Waals surface area contributed by atoms with E-state index in [1.54, 1.807) is 24.3 Å². The van der Waals surface area contributed by atoms with Gasteiger partial charge in [0.15, 0.2) is 0 Å². The molecule has 4 rings (SSSR count). The number of sulfonamides is 1. The first-order valence-corrected chi connectivity index (χ1v) is 13.5. The zero-order valence-corrected chi connectivity index (χ0v) is 21.0. The van der Waals surface area contributed by atoms with E-state index in [0.717, 1.165) is 44.7 Å². The molecule has 188 valence electrons. The maximum atomic E-state index is 13.3. The highest BCUT2D eigenvalue weighted by Crippen LogP contribution is 2.31. The van der Waals surface area contributed by atoms with Gasteiger partial charge >= 0.3 is 0 Å². The van der Waals surface area contributed by atoms with E-state index in [2.05, 4.69) is 27.2 Å². The molecule has 1 atom stereocenters. The molecule has 10 heteroatoms. The van der Waals surface area contributed by atoms with Crippen LogP contribution >= 0.6 is 0 Å². The number of hydrogen-bond acceptors (Lipinski definition) is 6. The minimum absolute atomic E-state index is 0.0689. The Hall–Kier alpha value is -3.11. The molecule has 0 unspecified atom stereocenters. The van der Waals surface area contributed by atoms with Gasteiger partial charge in [-0.3, -0.25) is 14.3 Å². The number of hydrogen-bond donors (Lipinski definition) is 3. The molecule has 35 heavy (non-hydrogen) atoms. The van der Waals surface area contributed by atoms with Gasteiger partial charge in [-0.05, 0) is 61.2 Å². The van der Waals surface area contributed by atoms with Gasteiger partial charge in [0.2, 0.25) is 5.91 Å². The highest BCUT2D eigenvalue weighted by molar-refractivity contribution is 7.92. The van der Waals surface area contributed by atoms with Crippen LogP contribution in [-0.2, 0) is 14.8 Å². The van der Waals surface area contributed by atoms with Crippen LogP contribution in [0.15, 0.2) is 47.4 Å². The van der Waals surface area contributed by atoms with E-state index in [1.165, 1.54) is 19.1 Å². The second-order valence-corrected chi connectivity index (χ2v) is 11.0. The van der Waals surface area contributed by atoms with E-state index in [1.807, 2.05) is 11.0 Å². The Morgan fingerprint density at radius 1 is 1.03 bits per heavy atom. The first-order chi connectivity index (χ1) is 16.7. The number of nitrogens with zero attached hydrogens (tertiary/aromatic N) is 2. The first kappa shape index (κ1) is 25.0. The molecule has 2 fully saturated rings. The monoisotopic (exact) mass is 499 g/mol. The van der Waals surface area contributed by atoms with E-state index in [0.29, 0.717) is 35.9 Å².